The molecular formula is C18H20OSSi. The molecule has 0 atom stereocenters. The fourth-order valence-corrected chi connectivity index (χ4v) is 4.76. The molecule has 0 saturated carbocycles. The fourth-order valence-electron chi connectivity index (χ4n) is 3.04. The van der Waals surface area contributed by atoms with Crippen molar-refractivity contribution in [1.29, 1.82) is 0 Å². The van der Waals surface area contributed by atoms with Crippen LogP contribution >= 0.6 is 11.3 Å². The van der Waals surface area contributed by atoms with Crippen molar-refractivity contribution in [2.45, 2.75) is 32.2 Å². The zero-order valence-corrected chi connectivity index (χ0v) is 15.4. The van der Waals surface area contributed by atoms with E-state index in [-0.39, 0.29) is 5.43 Å². The van der Waals surface area contributed by atoms with Crippen LogP contribution in [0.1, 0.15) is 24.5 Å². The molecule has 21 heavy (non-hydrogen) atoms. The zero-order valence-electron chi connectivity index (χ0n) is 12.6. The molecule has 0 bridgehead atoms. The van der Waals surface area contributed by atoms with Gasteiger partial charge in [0.15, 0.2) is 5.43 Å². The van der Waals surface area contributed by atoms with Crippen molar-refractivity contribution in [3.05, 3.63) is 57.7 Å². The van der Waals surface area contributed by atoms with Crippen LogP contribution in [0.3, 0.4) is 0 Å². The van der Waals surface area contributed by atoms with E-state index in [4.69, 9.17) is 0 Å². The van der Waals surface area contributed by atoms with Gasteiger partial charge < -0.3 is 0 Å². The Balaban J connectivity index is 2.43. The minimum atomic E-state index is 0.244. The zero-order chi connectivity index (χ0) is 14.8. The Kier molecular flexibility index (Phi) is 4.22. The molecule has 0 amide bonds. The summed E-state index contributed by atoms with van der Waals surface area (Å²) in [5.41, 5.74) is 2.68. The molecule has 0 N–H and O–H groups in total. The van der Waals surface area contributed by atoms with Crippen LogP contribution < -0.4 is 5.43 Å². The van der Waals surface area contributed by atoms with E-state index in [1.165, 1.54) is 27.4 Å². The highest BCUT2D eigenvalue weighted by atomic mass is 32.1. The summed E-state index contributed by atoms with van der Waals surface area (Å²) in [6, 6.07) is 13.8. The lowest BCUT2D eigenvalue weighted by molar-refractivity contribution is 0.929. The van der Waals surface area contributed by atoms with Gasteiger partial charge in [0.25, 0.3) is 0 Å². The molecule has 1 heterocycles. The summed E-state index contributed by atoms with van der Waals surface area (Å²) < 4.78 is 2.26. The highest BCUT2D eigenvalue weighted by Crippen LogP contribution is 2.29. The van der Waals surface area contributed by atoms with E-state index in [2.05, 4.69) is 43.3 Å². The summed E-state index contributed by atoms with van der Waals surface area (Å²) in [6.07, 6.45) is 3.09. The molecule has 108 valence electrons. The highest BCUT2D eigenvalue weighted by Gasteiger charge is 2.12. The summed E-state index contributed by atoms with van der Waals surface area (Å²) in [5, 5.41) is 1.92. The number of benzene rings is 2. The van der Waals surface area contributed by atoms with Gasteiger partial charge in [-0.25, -0.2) is 0 Å². The fraction of sp³-hybridized carbons (Fsp3) is 0.278. The average Bonchev–Trinajstić information content (AvgIpc) is 2.48. The van der Waals surface area contributed by atoms with Gasteiger partial charge in [-0.15, -0.1) is 11.3 Å². The molecule has 3 aromatic rings. The largest absolute Gasteiger partial charge is 0.288 e. The third kappa shape index (κ3) is 2.56. The van der Waals surface area contributed by atoms with Gasteiger partial charge in [0.05, 0.1) is 0 Å². The third-order valence-corrected chi connectivity index (χ3v) is 5.56. The van der Waals surface area contributed by atoms with Gasteiger partial charge >= 0.3 is 0 Å². The lowest BCUT2D eigenvalue weighted by Crippen LogP contribution is -2.07. The molecule has 0 aliphatic rings. The van der Waals surface area contributed by atoms with Crippen LogP contribution in [0.4, 0.5) is 0 Å². The lowest BCUT2D eigenvalue weighted by Gasteiger charge is -2.09. The van der Waals surface area contributed by atoms with Crippen LogP contribution in [-0.2, 0) is 12.8 Å². The van der Waals surface area contributed by atoms with Crippen molar-refractivity contribution in [3.63, 3.8) is 0 Å². The van der Waals surface area contributed by atoms with Gasteiger partial charge in [0.2, 0.25) is 0 Å². The van der Waals surface area contributed by atoms with E-state index in [0.717, 1.165) is 39.4 Å². The van der Waals surface area contributed by atoms with Crippen molar-refractivity contribution in [2.24, 2.45) is 0 Å². The maximum atomic E-state index is 13.1. The van der Waals surface area contributed by atoms with Crippen LogP contribution in [0.15, 0.2) is 41.2 Å². The molecule has 1 nitrogen and oxygen atoms in total. The molecule has 0 spiro atoms. The monoisotopic (exact) mass is 312 g/mol. The standard InChI is InChI=1S/C18H20OSSi/c1-2-5-12-6-3-8-14-16(12)18(19)17-13(10-11-21)7-4-9-15(17)20-14/h3-4,6-9H,2,5,10-11H2,1,21H3. The maximum absolute atomic E-state index is 13.1. The molecular weight excluding hydrogens is 292 g/mol. The van der Waals surface area contributed by atoms with Crippen LogP contribution in [0.5, 0.6) is 0 Å². The predicted molar refractivity (Wildman–Crippen MR) is 98.0 cm³/mol. The van der Waals surface area contributed by atoms with Gasteiger partial charge in [-0.05, 0) is 36.1 Å². The van der Waals surface area contributed by atoms with Crippen molar-refractivity contribution in [1.82, 2.24) is 0 Å². The minimum Gasteiger partial charge on any atom is -0.288 e. The average molecular weight is 313 g/mol. The molecule has 0 unspecified atom stereocenters. The molecule has 3 rings (SSSR count). The van der Waals surface area contributed by atoms with Crippen molar-refractivity contribution in [3.8, 4) is 0 Å². The number of aryl methyl sites for hydroxylation is 2. The summed E-state index contributed by atoms with van der Waals surface area (Å²) in [4.78, 5) is 13.1. The number of hydrogen-bond donors (Lipinski definition) is 0. The Morgan fingerprint density at radius 2 is 1.52 bits per heavy atom. The second-order valence-corrected chi connectivity index (χ2v) is 7.60. The molecule has 0 aliphatic heterocycles. The Hall–Kier alpha value is -1.45. The van der Waals surface area contributed by atoms with Gasteiger partial charge in [0, 0.05) is 30.4 Å². The Labute approximate surface area is 132 Å². The predicted octanol–water partition coefficient (Wildman–Crippen LogP) is 3.69. The van der Waals surface area contributed by atoms with E-state index < -0.39 is 0 Å². The van der Waals surface area contributed by atoms with Crippen molar-refractivity contribution >= 4 is 41.8 Å². The molecule has 0 saturated heterocycles. The van der Waals surface area contributed by atoms with Gasteiger partial charge in [0.1, 0.15) is 0 Å². The van der Waals surface area contributed by atoms with Crippen LogP contribution in [0.2, 0.25) is 6.04 Å². The van der Waals surface area contributed by atoms with Crippen LogP contribution in [0, 0.1) is 0 Å². The van der Waals surface area contributed by atoms with E-state index in [9.17, 15) is 4.79 Å². The van der Waals surface area contributed by atoms with Gasteiger partial charge in [-0.3, -0.25) is 4.79 Å². The first kappa shape index (κ1) is 14.5. The first-order valence-corrected chi connectivity index (χ1v) is 9.95. The minimum absolute atomic E-state index is 0.244. The normalized spacial score (nSPS) is 11.5. The Morgan fingerprint density at radius 1 is 0.952 bits per heavy atom. The first-order valence-electron chi connectivity index (χ1n) is 7.72. The number of fused-ring (bicyclic) bond motifs is 2. The second kappa shape index (κ2) is 6.12. The molecule has 1 aromatic heterocycles. The molecule has 0 radical (unpaired) electrons. The Bertz CT molecular complexity index is 784. The number of hydrogen-bond acceptors (Lipinski definition) is 2. The van der Waals surface area contributed by atoms with E-state index in [1.54, 1.807) is 11.3 Å². The second-order valence-electron chi connectivity index (χ2n) is 5.51. The highest BCUT2D eigenvalue weighted by molar-refractivity contribution is 7.24. The van der Waals surface area contributed by atoms with Crippen molar-refractivity contribution < 1.29 is 0 Å². The lowest BCUT2D eigenvalue weighted by atomic mass is 10.0. The molecule has 0 fully saturated rings. The quantitative estimate of drug-likeness (QED) is 0.530. The molecule has 2 aromatic carbocycles. The van der Waals surface area contributed by atoms with Crippen LogP contribution in [0.25, 0.3) is 20.2 Å². The summed E-state index contributed by atoms with van der Waals surface area (Å²) >= 11 is 1.76. The smallest absolute Gasteiger partial charge is 0.196 e. The summed E-state index contributed by atoms with van der Waals surface area (Å²) in [6.45, 7) is 2.17. The maximum Gasteiger partial charge on any atom is 0.196 e. The van der Waals surface area contributed by atoms with Gasteiger partial charge in [-0.1, -0.05) is 43.7 Å². The first-order chi connectivity index (χ1) is 10.3. The molecule has 0 aliphatic carbocycles. The topological polar surface area (TPSA) is 17.1 Å². The third-order valence-electron chi connectivity index (χ3n) is 3.94. The van der Waals surface area contributed by atoms with E-state index in [1.807, 2.05) is 0 Å². The molecule has 3 heteroatoms. The summed E-state index contributed by atoms with van der Waals surface area (Å²) in [7, 11) is 1.18. The van der Waals surface area contributed by atoms with E-state index >= 15 is 0 Å². The van der Waals surface area contributed by atoms with Crippen LogP contribution in [-0.4, -0.2) is 10.2 Å². The SMILES string of the molecule is CCCc1cccc2sc3cccc(CC[SiH3])c3c(=O)c12. The van der Waals surface area contributed by atoms with Gasteiger partial charge in [-0.2, -0.15) is 0 Å². The summed E-state index contributed by atoms with van der Waals surface area (Å²) in [5.74, 6) is 0. The number of rotatable bonds is 4. The Morgan fingerprint density at radius 3 is 2.05 bits per heavy atom. The van der Waals surface area contributed by atoms with E-state index in [0.29, 0.717) is 0 Å². The van der Waals surface area contributed by atoms with Crippen molar-refractivity contribution in [2.75, 3.05) is 0 Å².